The van der Waals surface area contributed by atoms with Gasteiger partial charge in [0.15, 0.2) is 0 Å². The maximum absolute atomic E-state index is 4.18. The van der Waals surface area contributed by atoms with Gasteiger partial charge in [0, 0.05) is 12.0 Å². The van der Waals surface area contributed by atoms with Crippen molar-refractivity contribution in [2.24, 2.45) is 11.8 Å². The van der Waals surface area contributed by atoms with Gasteiger partial charge >= 0.3 is 0 Å². The molecule has 0 aromatic rings. The first-order valence-electron chi connectivity index (χ1n) is 5.74. The number of hydrogen-bond donors (Lipinski definition) is 1. The predicted molar refractivity (Wildman–Crippen MR) is 63.3 cm³/mol. The zero-order chi connectivity index (χ0) is 10.6. The van der Waals surface area contributed by atoms with Crippen molar-refractivity contribution in [1.82, 2.24) is 5.32 Å². The second kappa shape index (κ2) is 5.35. The molecule has 3 atom stereocenters. The van der Waals surface area contributed by atoms with Crippen molar-refractivity contribution in [3.05, 3.63) is 24.8 Å². The van der Waals surface area contributed by atoms with E-state index in [0.29, 0.717) is 12.0 Å². The van der Waals surface area contributed by atoms with E-state index in [1.54, 1.807) is 0 Å². The highest BCUT2D eigenvalue weighted by atomic mass is 14.9. The highest BCUT2D eigenvalue weighted by Crippen LogP contribution is 2.31. The van der Waals surface area contributed by atoms with Crippen LogP contribution in [-0.2, 0) is 0 Å². The molecule has 1 nitrogen and oxygen atoms in total. The highest BCUT2D eigenvalue weighted by Gasteiger charge is 2.28. The minimum Gasteiger partial charge on any atom is -0.313 e. The number of nitrogens with one attached hydrogen (secondary N) is 1. The number of hydrogen-bond acceptors (Lipinski definition) is 1. The Bertz CT molecular complexity index is 207. The lowest BCUT2D eigenvalue weighted by Gasteiger charge is -2.29. The Balaban J connectivity index is 2.78. The molecule has 0 aromatic carbocycles. The molecule has 0 bridgehead atoms. The Morgan fingerprint density at radius 2 is 2.29 bits per heavy atom. The Morgan fingerprint density at radius 1 is 1.57 bits per heavy atom. The van der Waals surface area contributed by atoms with Gasteiger partial charge in [-0.05, 0) is 31.7 Å². The van der Waals surface area contributed by atoms with Gasteiger partial charge in [0.25, 0.3) is 0 Å². The molecule has 1 aliphatic carbocycles. The van der Waals surface area contributed by atoms with E-state index < -0.39 is 0 Å². The van der Waals surface area contributed by atoms with Crippen molar-refractivity contribution in [3.8, 4) is 0 Å². The van der Waals surface area contributed by atoms with Gasteiger partial charge in [-0.15, -0.1) is 6.58 Å². The van der Waals surface area contributed by atoms with E-state index in [9.17, 15) is 0 Å². The van der Waals surface area contributed by atoms with Gasteiger partial charge in [-0.25, -0.2) is 0 Å². The standard InChI is InChI=1S/C13H23N/c1-5-12-10(3)8-7-9-11(4)13(12)14-6-2/h5,11-14H,1,3,6-9H2,2,4H3/t11?,12?,13-/m1/s1. The molecular weight excluding hydrogens is 170 g/mol. The first-order valence-corrected chi connectivity index (χ1v) is 5.74. The molecular formula is C13H23N. The van der Waals surface area contributed by atoms with Gasteiger partial charge in [-0.3, -0.25) is 0 Å². The summed E-state index contributed by atoms with van der Waals surface area (Å²) in [6.07, 6.45) is 5.83. The highest BCUT2D eigenvalue weighted by molar-refractivity contribution is 5.14. The molecule has 0 spiro atoms. The van der Waals surface area contributed by atoms with Gasteiger partial charge in [-0.1, -0.05) is 32.1 Å². The summed E-state index contributed by atoms with van der Waals surface area (Å²) in [5.41, 5.74) is 1.36. The average molecular weight is 193 g/mol. The Hall–Kier alpha value is -0.560. The molecule has 80 valence electrons. The second-order valence-corrected chi connectivity index (χ2v) is 4.37. The van der Waals surface area contributed by atoms with E-state index in [1.807, 2.05) is 0 Å². The Kier molecular flexibility index (Phi) is 4.40. The Morgan fingerprint density at radius 3 is 2.86 bits per heavy atom. The summed E-state index contributed by atoms with van der Waals surface area (Å²) in [5, 5.41) is 3.57. The maximum Gasteiger partial charge on any atom is 0.0192 e. The molecule has 0 aliphatic heterocycles. The summed E-state index contributed by atoms with van der Waals surface area (Å²) in [6, 6.07) is 0.549. The van der Waals surface area contributed by atoms with Crippen LogP contribution in [0.25, 0.3) is 0 Å². The quantitative estimate of drug-likeness (QED) is 0.536. The van der Waals surface area contributed by atoms with Crippen LogP contribution in [0.3, 0.4) is 0 Å². The van der Waals surface area contributed by atoms with Crippen LogP contribution in [0, 0.1) is 11.8 Å². The molecule has 0 heterocycles. The third-order valence-electron chi connectivity index (χ3n) is 3.32. The monoisotopic (exact) mass is 193 g/mol. The van der Waals surface area contributed by atoms with Crippen LogP contribution >= 0.6 is 0 Å². The van der Waals surface area contributed by atoms with Gasteiger partial charge in [0.2, 0.25) is 0 Å². The molecule has 1 fully saturated rings. The van der Waals surface area contributed by atoms with Crippen molar-refractivity contribution in [3.63, 3.8) is 0 Å². The lowest BCUT2D eigenvalue weighted by atomic mass is 9.86. The third kappa shape index (κ3) is 2.48. The summed E-state index contributed by atoms with van der Waals surface area (Å²) in [7, 11) is 0. The topological polar surface area (TPSA) is 12.0 Å². The van der Waals surface area contributed by atoms with E-state index in [2.05, 4.69) is 38.4 Å². The second-order valence-electron chi connectivity index (χ2n) is 4.37. The summed E-state index contributed by atoms with van der Waals surface area (Å²) in [5.74, 6) is 1.20. The molecule has 1 heteroatoms. The SMILES string of the molecule is C=CC1C(=C)CCCC(C)[C@H]1NCC. The van der Waals surface area contributed by atoms with E-state index in [1.165, 1.54) is 24.8 Å². The first kappa shape index (κ1) is 11.5. The molecule has 0 amide bonds. The molecule has 1 saturated carbocycles. The smallest absolute Gasteiger partial charge is 0.0192 e. The third-order valence-corrected chi connectivity index (χ3v) is 3.32. The summed E-state index contributed by atoms with van der Waals surface area (Å²) in [4.78, 5) is 0. The largest absolute Gasteiger partial charge is 0.313 e. The van der Waals surface area contributed by atoms with Crippen LogP contribution in [0.1, 0.15) is 33.1 Å². The molecule has 2 unspecified atom stereocenters. The lowest BCUT2D eigenvalue weighted by molar-refractivity contribution is 0.335. The van der Waals surface area contributed by atoms with Gasteiger partial charge in [-0.2, -0.15) is 0 Å². The molecule has 1 rings (SSSR count). The zero-order valence-electron chi connectivity index (χ0n) is 9.55. The molecule has 0 aromatic heterocycles. The average Bonchev–Trinajstić information content (AvgIpc) is 2.28. The first-order chi connectivity index (χ1) is 6.70. The predicted octanol–water partition coefficient (Wildman–Crippen LogP) is 3.14. The lowest BCUT2D eigenvalue weighted by Crippen LogP contribution is -2.40. The summed E-state index contributed by atoms with van der Waals surface area (Å²) >= 11 is 0. The van der Waals surface area contributed by atoms with Crippen molar-refractivity contribution in [2.75, 3.05) is 6.54 Å². The summed E-state index contributed by atoms with van der Waals surface area (Å²) in [6.45, 7) is 13.7. The fourth-order valence-electron chi connectivity index (χ4n) is 2.48. The van der Waals surface area contributed by atoms with Crippen molar-refractivity contribution < 1.29 is 0 Å². The maximum atomic E-state index is 4.18. The van der Waals surface area contributed by atoms with Crippen LogP contribution in [0.2, 0.25) is 0 Å². The zero-order valence-corrected chi connectivity index (χ0v) is 9.55. The Labute approximate surface area is 88.3 Å². The van der Waals surface area contributed by atoms with E-state index in [4.69, 9.17) is 0 Å². The van der Waals surface area contributed by atoms with Crippen LogP contribution in [-0.4, -0.2) is 12.6 Å². The minimum atomic E-state index is 0.465. The van der Waals surface area contributed by atoms with Crippen molar-refractivity contribution >= 4 is 0 Å². The van der Waals surface area contributed by atoms with E-state index >= 15 is 0 Å². The van der Waals surface area contributed by atoms with Gasteiger partial charge < -0.3 is 5.32 Å². The molecule has 14 heavy (non-hydrogen) atoms. The van der Waals surface area contributed by atoms with Crippen molar-refractivity contribution in [2.45, 2.75) is 39.2 Å². The van der Waals surface area contributed by atoms with Crippen LogP contribution < -0.4 is 5.32 Å². The van der Waals surface area contributed by atoms with Crippen LogP contribution in [0.15, 0.2) is 24.8 Å². The number of rotatable bonds is 3. The normalized spacial score (nSPS) is 33.9. The fourth-order valence-corrected chi connectivity index (χ4v) is 2.48. The molecule has 0 saturated heterocycles. The van der Waals surface area contributed by atoms with Crippen LogP contribution in [0.5, 0.6) is 0 Å². The fraction of sp³-hybridized carbons (Fsp3) is 0.692. The van der Waals surface area contributed by atoms with E-state index in [0.717, 1.165) is 12.5 Å². The van der Waals surface area contributed by atoms with Crippen LogP contribution in [0.4, 0.5) is 0 Å². The molecule has 1 N–H and O–H groups in total. The summed E-state index contributed by atoms with van der Waals surface area (Å²) < 4.78 is 0. The van der Waals surface area contributed by atoms with Gasteiger partial charge in [0.1, 0.15) is 0 Å². The van der Waals surface area contributed by atoms with E-state index in [-0.39, 0.29) is 0 Å². The minimum absolute atomic E-state index is 0.465. The molecule has 1 aliphatic rings. The van der Waals surface area contributed by atoms with Crippen molar-refractivity contribution in [1.29, 1.82) is 0 Å². The van der Waals surface area contributed by atoms with Gasteiger partial charge in [0.05, 0.1) is 0 Å². The molecule has 0 radical (unpaired) electrons.